The van der Waals surface area contributed by atoms with E-state index >= 15 is 0 Å². The summed E-state index contributed by atoms with van der Waals surface area (Å²) in [6.07, 6.45) is 5.78. The standard InChI is InChI=1S/C15H22N2O4S/c1-16-22(19,20)14-9-7-12(8-10-14)17-15(18)11-21-13-5-3-2-4-6-13/h7-10,13,16H,2-6,11H2,1H3,(H,17,18). The molecule has 0 saturated heterocycles. The molecular formula is C15H22N2O4S. The molecule has 6 nitrogen and oxygen atoms in total. The zero-order valence-corrected chi connectivity index (χ0v) is 13.5. The second-order valence-corrected chi connectivity index (χ2v) is 7.24. The number of hydrogen-bond donors (Lipinski definition) is 2. The van der Waals surface area contributed by atoms with Gasteiger partial charge in [0.1, 0.15) is 6.61 Å². The Morgan fingerprint density at radius 3 is 2.41 bits per heavy atom. The average molecular weight is 326 g/mol. The maximum Gasteiger partial charge on any atom is 0.250 e. The Kier molecular flexibility index (Phi) is 5.93. The van der Waals surface area contributed by atoms with Crippen LogP contribution in [0.1, 0.15) is 32.1 Å². The summed E-state index contributed by atoms with van der Waals surface area (Å²) in [6.45, 7) is 0.0290. The summed E-state index contributed by atoms with van der Waals surface area (Å²) in [5.74, 6) is -0.227. The van der Waals surface area contributed by atoms with Gasteiger partial charge in [-0.3, -0.25) is 4.79 Å². The van der Waals surface area contributed by atoms with Gasteiger partial charge in [-0.1, -0.05) is 19.3 Å². The lowest BCUT2D eigenvalue weighted by atomic mass is 9.98. The third-order valence-corrected chi connectivity index (χ3v) is 5.15. The number of anilines is 1. The maximum atomic E-state index is 11.8. The molecule has 0 atom stereocenters. The molecule has 2 rings (SSSR count). The first kappa shape index (κ1) is 16.9. The van der Waals surface area contributed by atoms with E-state index in [1.165, 1.54) is 25.6 Å². The van der Waals surface area contributed by atoms with Crippen LogP contribution < -0.4 is 10.0 Å². The van der Waals surface area contributed by atoms with Crippen LogP contribution >= 0.6 is 0 Å². The number of amides is 1. The van der Waals surface area contributed by atoms with Gasteiger partial charge in [0.05, 0.1) is 11.0 Å². The highest BCUT2D eigenvalue weighted by Gasteiger charge is 2.15. The normalized spacial score (nSPS) is 16.4. The smallest absolute Gasteiger partial charge is 0.250 e. The van der Waals surface area contributed by atoms with Gasteiger partial charge in [-0.15, -0.1) is 0 Å². The van der Waals surface area contributed by atoms with E-state index in [4.69, 9.17) is 4.74 Å². The topological polar surface area (TPSA) is 84.5 Å². The first-order valence-corrected chi connectivity index (χ1v) is 8.94. The van der Waals surface area contributed by atoms with Crippen LogP contribution in [0.5, 0.6) is 0 Å². The van der Waals surface area contributed by atoms with Crippen LogP contribution in [0.4, 0.5) is 5.69 Å². The number of rotatable bonds is 6. The Hall–Kier alpha value is -1.44. The minimum Gasteiger partial charge on any atom is -0.368 e. The third kappa shape index (κ3) is 4.79. The van der Waals surface area contributed by atoms with Gasteiger partial charge in [0.2, 0.25) is 15.9 Å². The molecule has 0 unspecified atom stereocenters. The molecule has 0 heterocycles. The minimum atomic E-state index is -3.46. The SMILES string of the molecule is CNS(=O)(=O)c1ccc(NC(=O)COC2CCCCC2)cc1. The number of ether oxygens (including phenoxy) is 1. The summed E-state index contributed by atoms with van der Waals surface area (Å²) in [4.78, 5) is 12.0. The molecule has 1 amide bonds. The van der Waals surface area contributed by atoms with Crippen LogP contribution in [0.3, 0.4) is 0 Å². The molecule has 1 saturated carbocycles. The molecule has 122 valence electrons. The van der Waals surface area contributed by atoms with Crippen LogP contribution in [0.2, 0.25) is 0 Å². The first-order chi connectivity index (χ1) is 10.5. The number of carbonyl (C=O) groups excluding carboxylic acids is 1. The zero-order valence-electron chi connectivity index (χ0n) is 12.7. The van der Waals surface area contributed by atoms with E-state index in [9.17, 15) is 13.2 Å². The van der Waals surface area contributed by atoms with Crippen molar-refractivity contribution >= 4 is 21.6 Å². The summed E-state index contributed by atoms with van der Waals surface area (Å²) in [5, 5.41) is 2.70. The maximum absolute atomic E-state index is 11.8. The molecule has 22 heavy (non-hydrogen) atoms. The van der Waals surface area contributed by atoms with Crippen molar-refractivity contribution in [2.24, 2.45) is 0 Å². The van der Waals surface area contributed by atoms with E-state index in [1.54, 1.807) is 12.1 Å². The highest BCUT2D eigenvalue weighted by Crippen LogP contribution is 2.20. The molecule has 0 bridgehead atoms. The molecule has 1 aliphatic rings. The van der Waals surface area contributed by atoms with Crippen molar-refractivity contribution in [3.05, 3.63) is 24.3 Å². The van der Waals surface area contributed by atoms with E-state index in [2.05, 4.69) is 10.0 Å². The van der Waals surface area contributed by atoms with Crippen LogP contribution in [0, 0.1) is 0 Å². The Bertz CT molecular complexity index is 592. The molecule has 1 fully saturated rings. The molecule has 2 N–H and O–H groups in total. The van der Waals surface area contributed by atoms with E-state index < -0.39 is 10.0 Å². The average Bonchev–Trinajstić information content (AvgIpc) is 2.54. The van der Waals surface area contributed by atoms with E-state index in [-0.39, 0.29) is 23.5 Å². The van der Waals surface area contributed by atoms with Crippen molar-refractivity contribution in [1.82, 2.24) is 4.72 Å². The Morgan fingerprint density at radius 2 is 1.82 bits per heavy atom. The summed E-state index contributed by atoms with van der Waals surface area (Å²) >= 11 is 0. The second-order valence-electron chi connectivity index (χ2n) is 5.35. The van der Waals surface area contributed by atoms with Crippen molar-refractivity contribution in [3.63, 3.8) is 0 Å². The van der Waals surface area contributed by atoms with Gasteiger partial charge < -0.3 is 10.1 Å². The fraction of sp³-hybridized carbons (Fsp3) is 0.533. The molecule has 0 aromatic heterocycles. The minimum absolute atomic E-state index is 0.0290. The predicted octanol–water partition coefficient (Wildman–Crippen LogP) is 1.88. The lowest BCUT2D eigenvalue weighted by Gasteiger charge is -2.21. The monoisotopic (exact) mass is 326 g/mol. The molecule has 7 heteroatoms. The summed E-state index contributed by atoms with van der Waals surface area (Å²) in [6, 6.07) is 6.01. The quantitative estimate of drug-likeness (QED) is 0.836. The van der Waals surface area contributed by atoms with Gasteiger partial charge in [0, 0.05) is 5.69 Å². The van der Waals surface area contributed by atoms with Crippen LogP contribution in [-0.4, -0.2) is 34.1 Å². The molecule has 0 radical (unpaired) electrons. The largest absolute Gasteiger partial charge is 0.368 e. The molecule has 1 aromatic rings. The summed E-state index contributed by atoms with van der Waals surface area (Å²) in [5.41, 5.74) is 0.548. The number of benzene rings is 1. The third-order valence-electron chi connectivity index (χ3n) is 3.72. The molecule has 1 aromatic carbocycles. The Morgan fingerprint density at radius 1 is 1.18 bits per heavy atom. The van der Waals surface area contributed by atoms with E-state index in [1.807, 2.05) is 0 Å². The lowest BCUT2D eigenvalue weighted by molar-refractivity contribution is -0.123. The highest BCUT2D eigenvalue weighted by molar-refractivity contribution is 7.89. The number of nitrogens with one attached hydrogen (secondary N) is 2. The van der Waals surface area contributed by atoms with Crippen LogP contribution in [0.25, 0.3) is 0 Å². The van der Waals surface area contributed by atoms with Gasteiger partial charge in [-0.05, 0) is 44.2 Å². The van der Waals surface area contributed by atoms with Gasteiger partial charge in [-0.25, -0.2) is 13.1 Å². The number of carbonyl (C=O) groups is 1. The van der Waals surface area contributed by atoms with Crippen LogP contribution in [-0.2, 0) is 19.6 Å². The molecule has 0 spiro atoms. The van der Waals surface area contributed by atoms with Crippen LogP contribution in [0.15, 0.2) is 29.2 Å². The van der Waals surface area contributed by atoms with Crippen molar-refractivity contribution in [3.8, 4) is 0 Å². The van der Waals surface area contributed by atoms with Gasteiger partial charge in [0.25, 0.3) is 0 Å². The fourth-order valence-corrected chi connectivity index (χ4v) is 3.19. The Labute approximate surface area is 131 Å². The summed E-state index contributed by atoms with van der Waals surface area (Å²) in [7, 11) is -2.10. The van der Waals surface area contributed by atoms with Gasteiger partial charge in [-0.2, -0.15) is 0 Å². The van der Waals surface area contributed by atoms with Crippen molar-refractivity contribution in [2.75, 3.05) is 19.0 Å². The highest BCUT2D eigenvalue weighted by atomic mass is 32.2. The zero-order chi connectivity index (χ0) is 16.0. The predicted molar refractivity (Wildman–Crippen MR) is 84.1 cm³/mol. The Balaban J connectivity index is 1.83. The first-order valence-electron chi connectivity index (χ1n) is 7.46. The molecular weight excluding hydrogens is 304 g/mol. The summed E-state index contributed by atoms with van der Waals surface area (Å²) < 4.78 is 31.0. The lowest BCUT2D eigenvalue weighted by Crippen LogP contribution is -2.24. The molecule has 1 aliphatic carbocycles. The molecule has 0 aliphatic heterocycles. The fourth-order valence-electron chi connectivity index (χ4n) is 2.46. The van der Waals surface area contributed by atoms with Crippen molar-refractivity contribution in [1.29, 1.82) is 0 Å². The van der Waals surface area contributed by atoms with E-state index in [0.717, 1.165) is 25.7 Å². The van der Waals surface area contributed by atoms with Gasteiger partial charge >= 0.3 is 0 Å². The number of sulfonamides is 1. The van der Waals surface area contributed by atoms with E-state index in [0.29, 0.717) is 5.69 Å². The second kappa shape index (κ2) is 7.71. The van der Waals surface area contributed by atoms with Gasteiger partial charge in [0.15, 0.2) is 0 Å². The number of hydrogen-bond acceptors (Lipinski definition) is 4. The van der Waals surface area contributed by atoms with Crippen molar-refractivity contribution < 1.29 is 17.9 Å². The van der Waals surface area contributed by atoms with Crippen molar-refractivity contribution in [2.45, 2.75) is 43.1 Å².